The van der Waals surface area contributed by atoms with Gasteiger partial charge in [-0.2, -0.15) is 0 Å². The van der Waals surface area contributed by atoms with E-state index in [1.807, 2.05) is 6.07 Å². The summed E-state index contributed by atoms with van der Waals surface area (Å²) in [6.45, 7) is 9.80. The molecule has 3 heteroatoms. The molecule has 0 saturated carbocycles. The van der Waals surface area contributed by atoms with E-state index in [1.54, 1.807) is 0 Å². The highest BCUT2D eigenvalue weighted by molar-refractivity contribution is 6.31. The number of benzene rings is 1. The Balaban J connectivity index is 2.17. The molecule has 1 unspecified atom stereocenters. The number of nitrogens with zero attached hydrogens (tertiary/aromatic N) is 1. The van der Waals surface area contributed by atoms with E-state index in [1.165, 1.54) is 30.5 Å². The lowest BCUT2D eigenvalue weighted by Crippen LogP contribution is -2.30. The van der Waals surface area contributed by atoms with Crippen molar-refractivity contribution in [3.63, 3.8) is 0 Å². The van der Waals surface area contributed by atoms with Crippen LogP contribution in [0.1, 0.15) is 45.6 Å². The maximum absolute atomic E-state index is 6.45. The lowest BCUT2D eigenvalue weighted by molar-refractivity contribution is 0.551. The summed E-state index contributed by atoms with van der Waals surface area (Å²) in [4.78, 5) is 2.55. The smallest absolute Gasteiger partial charge is 0.0471 e. The second kappa shape index (κ2) is 7.33. The van der Waals surface area contributed by atoms with Gasteiger partial charge in [-0.15, -0.1) is 0 Å². The van der Waals surface area contributed by atoms with Gasteiger partial charge in [0.05, 0.1) is 0 Å². The molecule has 0 aliphatic carbocycles. The number of rotatable bonds is 6. The van der Waals surface area contributed by atoms with Crippen LogP contribution in [-0.2, 0) is 6.54 Å². The number of halogens is 1. The molecule has 1 fully saturated rings. The second-order valence-electron chi connectivity index (χ2n) is 6.16. The first-order valence-electron chi connectivity index (χ1n) is 7.88. The van der Waals surface area contributed by atoms with Crippen molar-refractivity contribution in [3.8, 4) is 0 Å². The van der Waals surface area contributed by atoms with Crippen molar-refractivity contribution < 1.29 is 0 Å². The molecule has 0 bridgehead atoms. The van der Waals surface area contributed by atoms with Gasteiger partial charge in [0, 0.05) is 35.4 Å². The lowest BCUT2D eigenvalue weighted by atomic mass is 10.1. The fraction of sp³-hybridized carbons (Fsp3) is 0.647. The quantitative estimate of drug-likeness (QED) is 0.833. The molecule has 0 aromatic heterocycles. The van der Waals surface area contributed by atoms with Crippen LogP contribution in [0.5, 0.6) is 0 Å². The van der Waals surface area contributed by atoms with E-state index >= 15 is 0 Å². The van der Waals surface area contributed by atoms with Crippen LogP contribution in [0.2, 0.25) is 5.02 Å². The zero-order valence-corrected chi connectivity index (χ0v) is 13.7. The van der Waals surface area contributed by atoms with E-state index in [9.17, 15) is 0 Å². The average molecular weight is 295 g/mol. The molecule has 1 heterocycles. The normalized spacial score (nSPS) is 19.1. The predicted molar refractivity (Wildman–Crippen MR) is 88.7 cm³/mol. The third-order valence-electron chi connectivity index (χ3n) is 4.11. The van der Waals surface area contributed by atoms with Crippen LogP contribution in [0.4, 0.5) is 5.69 Å². The highest BCUT2D eigenvalue weighted by Gasteiger charge is 2.25. The standard InChI is InChI=1S/C17H27ClN2/c1-4-14-7-6-10-20(14)17-9-5-8-16(18)15(17)12-19-11-13(2)3/h5,8-9,13-14,19H,4,6-7,10-12H2,1-3H3. The van der Waals surface area contributed by atoms with E-state index in [0.717, 1.165) is 24.7 Å². The fourth-order valence-corrected chi connectivity index (χ4v) is 3.29. The Hall–Kier alpha value is -0.730. The second-order valence-corrected chi connectivity index (χ2v) is 6.57. The van der Waals surface area contributed by atoms with Crippen molar-refractivity contribution in [2.45, 2.75) is 52.6 Å². The Morgan fingerprint density at radius 1 is 1.40 bits per heavy atom. The molecule has 0 amide bonds. The SMILES string of the molecule is CCC1CCCN1c1cccc(Cl)c1CNCC(C)C. The van der Waals surface area contributed by atoms with Crippen molar-refractivity contribution in [3.05, 3.63) is 28.8 Å². The molecule has 1 aromatic rings. The summed E-state index contributed by atoms with van der Waals surface area (Å²) in [7, 11) is 0. The minimum atomic E-state index is 0.663. The Bertz CT molecular complexity index is 431. The highest BCUT2D eigenvalue weighted by atomic mass is 35.5. The predicted octanol–water partition coefficient (Wildman–Crippen LogP) is 4.46. The molecule has 1 N–H and O–H groups in total. The van der Waals surface area contributed by atoms with Crippen LogP contribution in [-0.4, -0.2) is 19.1 Å². The molecule has 1 aliphatic rings. The first-order valence-corrected chi connectivity index (χ1v) is 8.26. The molecular formula is C17H27ClN2. The Morgan fingerprint density at radius 3 is 2.90 bits per heavy atom. The van der Waals surface area contributed by atoms with Gasteiger partial charge < -0.3 is 10.2 Å². The lowest BCUT2D eigenvalue weighted by Gasteiger charge is -2.29. The van der Waals surface area contributed by atoms with Crippen LogP contribution >= 0.6 is 11.6 Å². The van der Waals surface area contributed by atoms with Gasteiger partial charge >= 0.3 is 0 Å². The molecule has 1 aliphatic heterocycles. The van der Waals surface area contributed by atoms with Gasteiger partial charge in [0.15, 0.2) is 0 Å². The fourth-order valence-electron chi connectivity index (χ4n) is 3.05. The van der Waals surface area contributed by atoms with Gasteiger partial charge in [-0.05, 0) is 43.9 Å². The van der Waals surface area contributed by atoms with Crippen molar-refractivity contribution >= 4 is 17.3 Å². The number of hydrogen-bond acceptors (Lipinski definition) is 2. The maximum Gasteiger partial charge on any atom is 0.0471 e. The van der Waals surface area contributed by atoms with E-state index in [2.05, 4.69) is 43.1 Å². The van der Waals surface area contributed by atoms with E-state index in [0.29, 0.717) is 12.0 Å². The molecule has 1 aromatic carbocycles. The first-order chi connectivity index (χ1) is 9.63. The van der Waals surface area contributed by atoms with Crippen molar-refractivity contribution in [2.24, 2.45) is 5.92 Å². The van der Waals surface area contributed by atoms with Crippen LogP contribution in [0.3, 0.4) is 0 Å². The Morgan fingerprint density at radius 2 is 2.20 bits per heavy atom. The number of nitrogens with one attached hydrogen (secondary N) is 1. The van der Waals surface area contributed by atoms with Gasteiger partial charge in [0.2, 0.25) is 0 Å². The Kier molecular flexibility index (Phi) is 5.74. The molecule has 20 heavy (non-hydrogen) atoms. The monoisotopic (exact) mass is 294 g/mol. The molecule has 0 radical (unpaired) electrons. The first kappa shape index (κ1) is 15.7. The zero-order chi connectivity index (χ0) is 14.5. The summed E-state index contributed by atoms with van der Waals surface area (Å²) >= 11 is 6.45. The van der Waals surface area contributed by atoms with E-state index in [-0.39, 0.29) is 0 Å². The molecule has 0 spiro atoms. The van der Waals surface area contributed by atoms with Crippen molar-refractivity contribution in [1.29, 1.82) is 0 Å². The minimum absolute atomic E-state index is 0.663. The van der Waals surface area contributed by atoms with E-state index in [4.69, 9.17) is 11.6 Å². The largest absolute Gasteiger partial charge is 0.368 e. The highest BCUT2D eigenvalue weighted by Crippen LogP contribution is 2.33. The van der Waals surface area contributed by atoms with Gasteiger partial charge in [-0.1, -0.05) is 38.4 Å². The summed E-state index contributed by atoms with van der Waals surface area (Å²) in [5.41, 5.74) is 2.59. The number of anilines is 1. The van der Waals surface area contributed by atoms with Crippen molar-refractivity contribution in [2.75, 3.05) is 18.0 Å². The van der Waals surface area contributed by atoms with Gasteiger partial charge in [0.25, 0.3) is 0 Å². The molecule has 1 saturated heterocycles. The third kappa shape index (κ3) is 3.67. The third-order valence-corrected chi connectivity index (χ3v) is 4.46. The van der Waals surface area contributed by atoms with Crippen molar-refractivity contribution in [1.82, 2.24) is 5.32 Å². The van der Waals surface area contributed by atoms with Gasteiger partial charge in [-0.25, -0.2) is 0 Å². The summed E-state index contributed by atoms with van der Waals surface area (Å²) < 4.78 is 0. The summed E-state index contributed by atoms with van der Waals surface area (Å²) in [5, 5.41) is 4.42. The van der Waals surface area contributed by atoms with Gasteiger partial charge in [0.1, 0.15) is 0 Å². The zero-order valence-electron chi connectivity index (χ0n) is 13.0. The summed E-state index contributed by atoms with van der Waals surface area (Å²) in [6, 6.07) is 6.99. The molecule has 2 rings (SSSR count). The Labute approximate surface area is 128 Å². The topological polar surface area (TPSA) is 15.3 Å². The van der Waals surface area contributed by atoms with Crippen LogP contribution in [0, 0.1) is 5.92 Å². The number of hydrogen-bond donors (Lipinski definition) is 1. The minimum Gasteiger partial charge on any atom is -0.368 e. The van der Waals surface area contributed by atoms with Gasteiger partial charge in [-0.3, -0.25) is 0 Å². The summed E-state index contributed by atoms with van der Waals surface area (Å²) in [6.07, 6.45) is 3.82. The average Bonchev–Trinajstić information content (AvgIpc) is 2.88. The molecule has 2 nitrogen and oxygen atoms in total. The summed E-state index contributed by atoms with van der Waals surface area (Å²) in [5.74, 6) is 0.663. The van der Waals surface area contributed by atoms with Crippen LogP contribution in [0.25, 0.3) is 0 Å². The molecular weight excluding hydrogens is 268 g/mol. The molecule has 112 valence electrons. The van der Waals surface area contributed by atoms with Crippen LogP contribution in [0.15, 0.2) is 18.2 Å². The molecule has 1 atom stereocenters. The maximum atomic E-state index is 6.45. The van der Waals surface area contributed by atoms with E-state index < -0.39 is 0 Å². The van der Waals surface area contributed by atoms with Crippen LogP contribution < -0.4 is 10.2 Å².